The second-order valence-corrected chi connectivity index (χ2v) is 7.07. The lowest BCUT2D eigenvalue weighted by Gasteiger charge is -2.39. The number of nitrogens with zero attached hydrogens (tertiary/aromatic N) is 1. The van der Waals surface area contributed by atoms with Crippen LogP contribution in [0.5, 0.6) is 0 Å². The number of hydrogen-bond acceptors (Lipinski definition) is 3. The summed E-state index contributed by atoms with van der Waals surface area (Å²) in [6, 6.07) is 8.76. The first kappa shape index (κ1) is 14.9. The van der Waals surface area contributed by atoms with E-state index in [4.69, 9.17) is 5.11 Å². The molecule has 2 fully saturated rings. The van der Waals surface area contributed by atoms with Crippen LogP contribution < -0.4 is 5.32 Å². The Kier molecular flexibility index (Phi) is 3.74. The number of allylic oxidation sites excluding steroid dienone is 1. The van der Waals surface area contributed by atoms with Gasteiger partial charge in [0.1, 0.15) is 0 Å². The molecule has 1 aromatic carbocycles. The minimum atomic E-state index is -0.00122. The SMILES string of the molecule is O=C(NC1CC1)C1=CC2(CCN(CCO)CC2)c2ccccc21. The van der Waals surface area contributed by atoms with Gasteiger partial charge in [-0.05, 0) is 49.9 Å². The van der Waals surface area contributed by atoms with Crippen molar-refractivity contribution < 1.29 is 9.90 Å². The van der Waals surface area contributed by atoms with Gasteiger partial charge in [0.05, 0.1) is 6.61 Å². The van der Waals surface area contributed by atoms with Crippen LogP contribution >= 0.6 is 0 Å². The zero-order valence-electron chi connectivity index (χ0n) is 13.4. The number of likely N-dealkylation sites (tertiary alicyclic amines) is 1. The van der Waals surface area contributed by atoms with Gasteiger partial charge in [-0.2, -0.15) is 0 Å². The van der Waals surface area contributed by atoms with E-state index in [1.165, 1.54) is 5.56 Å². The van der Waals surface area contributed by atoms with Crippen molar-refractivity contribution in [3.8, 4) is 0 Å². The molecule has 4 nitrogen and oxygen atoms in total. The highest BCUT2D eigenvalue weighted by molar-refractivity contribution is 6.21. The van der Waals surface area contributed by atoms with E-state index < -0.39 is 0 Å². The van der Waals surface area contributed by atoms with Crippen LogP contribution in [0.4, 0.5) is 0 Å². The molecule has 1 spiro atoms. The van der Waals surface area contributed by atoms with E-state index in [0.29, 0.717) is 6.04 Å². The maximum Gasteiger partial charge on any atom is 0.251 e. The third-order valence-corrected chi connectivity index (χ3v) is 5.50. The summed E-state index contributed by atoms with van der Waals surface area (Å²) in [6.45, 7) is 2.91. The number of amides is 1. The number of carbonyl (C=O) groups is 1. The summed E-state index contributed by atoms with van der Waals surface area (Å²) in [7, 11) is 0. The van der Waals surface area contributed by atoms with E-state index in [0.717, 1.165) is 56.5 Å². The Morgan fingerprint density at radius 3 is 2.70 bits per heavy atom. The number of aliphatic hydroxyl groups excluding tert-OH is 1. The van der Waals surface area contributed by atoms with Crippen LogP contribution in [0.2, 0.25) is 0 Å². The molecule has 1 saturated carbocycles. The van der Waals surface area contributed by atoms with E-state index in [9.17, 15) is 4.79 Å². The van der Waals surface area contributed by atoms with E-state index in [2.05, 4.69) is 34.5 Å². The topological polar surface area (TPSA) is 52.6 Å². The lowest BCUT2D eigenvalue weighted by molar-refractivity contribution is -0.115. The fraction of sp³-hybridized carbons (Fsp3) is 0.526. The van der Waals surface area contributed by atoms with Crippen LogP contribution in [0, 0.1) is 0 Å². The number of benzene rings is 1. The third kappa shape index (κ3) is 2.70. The minimum Gasteiger partial charge on any atom is -0.395 e. The zero-order chi connectivity index (χ0) is 15.9. The largest absolute Gasteiger partial charge is 0.395 e. The summed E-state index contributed by atoms with van der Waals surface area (Å²) in [6.07, 6.45) is 6.49. The lowest BCUT2D eigenvalue weighted by Crippen LogP contribution is -2.42. The van der Waals surface area contributed by atoms with E-state index in [1.807, 2.05) is 6.07 Å². The molecular weight excluding hydrogens is 288 g/mol. The summed E-state index contributed by atoms with van der Waals surface area (Å²) < 4.78 is 0. The molecule has 23 heavy (non-hydrogen) atoms. The summed E-state index contributed by atoms with van der Waals surface area (Å²) in [5, 5.41) is 12.3. The number of fused-ring (bicyclic) bond motifs is 2. The highest BCUT2D eigenvalue weighted by Gasteiger charge is 2.42. The van der Waals surface area contributed by atoms with Gasteiger partial charge in [0.15, 0.2) is 0 Å². The van der Waals surface area contributed by atoms with Crippen LogP contribution in [0.25, 0.3) is 5.57 Å². The molecule has 2 N–H and O–H groups in total. The summed E-state index contributed by atoms with van der Waals surface area (Å²) in [5.41, 5.74) is 3.28. The fourth-order valence-corrected chi connectivity index (χ4v) is 3.99. The van der Waals surface area contributed by atoms with Crippen molar-refractivity contribution in [2.24, 2.45) is 0 Å². The minimum absolute atomic E-state index is 0.00122. The second kappa shape index (κ2) is 5.77. The molecule has 2 aliphatic carbocycles. The fourth-order valence-electron chi connectivity index (χ4n) is 3.99. The molecular formula is C19H24N2O2. The molecule has 1 saturated heterocycles. The Morgan fingerprint density at radius 1 is 1.26 bits per heavy atom. The van der Waals surface area contributed by atoms with Gasteiger partial charge in [-0.3, -0.25) is 4.79 Å². The van der Waals surface area contributed by atoms with Crippen LogP contribution in [-0.4, -0.2) is 48.2 Å². The van der Waals surface area contributed by atoms with Gasteiger partial charge in [0.25, 0.3) is 5.91 Å². The van der Waals surface area contributed by atoms with Crippen LogP contribution in [0.15, 0.2) is 30.3 Å². The smallest absolute Gasteiger partial charge is 0.251 e. The molecule has 1 amide bonds. The van der Waals surface area contributed by atoms with Crippen LogP contribution in [0.1, 0.15) is 36.8 Å². The molecule has 4 rings (SSSR count). The first-order chi connectivity index (χ1) is 11.2. The van der Waals surface area contributed by atoms with Crippen molar-refractivity contribution in [3.05, 3.63) is 41.5 Å². The van der Waals surface area contributed by atoms with Gasteiger partial charge in [-0.25, -0.2) is 0 Å². The molecule has 1 aromatic rings. The number of aliphatic hydroxyl groups is 1. The molecule has 4 heteroatoms. The van der Waals surface area contributed by atoms with E-state index in [1.54, 1.807) is 0 Å². The molecule has 0 atom stereocenters. The normalized spacial score (nSPS) is 22.7. The predicted octanol–water partition coefficient (Wildman–Crippen LogP) is 1.69. The van der Waals surface area contributed by atoms with Crippen molar-refractivity contribution in [1.29, 1.82) is 0 Å². The lowest BCUT2D eigenvalue weighted by atomic mass is 9.74. The Labute approximate surface area is 137 Å². The number of rotatable bonds is 4. The van der Waals surface area contributed by atoms with Crippen molar-refractivity contribution in [2.45, 2.75) is 37.1 Å². The molecule has 0 unspecified atom stereocenters. The molecule has 1 aliphatic heterocycles. The molecule has 122 valence electrons. The molecule has 0 bridgehead atoms. The third-order valence-electron chi connectivity index (χ3n) is 5.50. The summed E-state index contributed by atoms with van der Waals surface area (Å²) >= 11 is 0. The van der Waals surface area contributed by atoms with E-state index in [-0.39, 0.29) is 17.9 Å². The van der Waals surface area contributed by atoms with Crippen LogP contribution in [-0.2, 0) is 10.2 Å². The van der Waals surface area contributed by atoms with Crippen molar-refractivity contribution in [1.82, 2.24) is 10.2 Å². The Morgan fingerprint density at radius 2 is 2.00 bits per heavy atom. The maximum atomic E-state index is 12.6. The average Bonchev–Trinajstić information content (AvgIpc) is 3.33. The first-order valence-electron chi connectivity index (χ1n) is 8.69. The highest BCUT2D eigenvalue weighted by Crippen LogP contribution is 2.47. The zero-order valence-corrected chi connectivity index (χ0v) is 13.4. The molecule has 1 heterocycles. The summed E-state index contributed by atoms with van der Waals surface area (Å²) in [4.78, 5) is 14.9. The van der Waals surface area contributed by atoms with Crippen molar-refractivity contribution in [3.63, 3.8) is 0 Å². The van der Waals surface area contributed by atoms with Gasteiger partial charge in [0.2, 0.25) is 0 Å². The van der Waals surface area contributed by atoms with Gasteiger partial charge in [0, 0.05) is 23.6 Å². The average molecular weight is 312 g/mol. The molecule has 3 aliphatic rings. The monoisotopic (exact) mass is 312 g/mol. The van der Waals surface area contributed by atoms with Gasteiger partial charge in [-0.15, -0.1) is 0 Å². The second-order valence-electron chi connectivity index (χ2n) is 7.07. The number of nitrogens with one attached hydrogen (secondary N) is 1. The number of piperidine rings is 1. The number of hydrogen-bond donors (Lipinski definition) is 2. The predicted molar refractivity (Wildman–Crippen MR) is 90.0 cm³/mol. The molecule has 0 radical (unpaired) electrons. The van der Waals surface area contributed by atoms with E-state index >= 15 is 0 Å². The molecule has 0 aromatic heterocycles. The number of β-amino-alcohol motifs (C(OH)–C–C–N with tert-alkyl or cyclic N) is 1. The summed E-state index contributed by atoms with van der Waals surface area (Å²) in [5.74, 6) is 0.0922. The number of carbonyl (C=O) groups excluding carboxylic acids is 1. The van der Waals surface area contributed by atoms with Gasteiger partial charge >= 0.3 is 0 Å². The Balaban J connectivity index is 1.62. The Hall–Kier alpha value is -1.65. The maximum absolute atomic E-state index is 12.6. The first-order valence-corrected chi connectivity index (χ1v) is 8.69. The van der Waals surface area contributed by atoms with Gasteiger partial charge in [-0.1, -0.05) is 30.3 Å². The quantitative estimate of drug-likeness (QED) is 0.889. The highest BCUT2D eigenvalue weighted by atomic mass is 16.3. The van der Waals surface area contributed by atoms with Gasteiger partial charge < -0.3 is 15.3 Å². The van der Waals surface area contributed by atoms with Crippen molar-refractivity contribution >= 4 is 11.5 Å². The van der Waals surface area contributed by atoms with Crippen LogP contribution in [0.3, 0.4) is 0 Å². The van der Waals surface area contributed by atoms with Crippen molar-refractivity contribution in [2.75, 3.05) is 26.2 Å². The standard InChI is InChI=1S/C19H24N2O2/c22-12-11-21-9-7-19(8-10-21)13-16(18(23)20-14-5-6-14)15-3-1-2-4-17(15)19/h1-4,13-14,22H,5-12H2,(H,20,23). The Bertz CT molecular complexity index is 641.